The fraction of sp³-hybridized carbons (Fsp3) is 0.692. The molecule has 6 nitrogen and oxygen atoms in total. The zero-order valence-corrected chi connectivity index (χ0v) is 11.5. The summed E-state index contributed by atoms with van der Waals surface area (Å²) in [5, 5.41) is 13.5. The highest BCUT2D eigenvalue weighted by Crippen LogP contribution is 2.28. The standard InChI is InChI=1S/C13H21N3O3/c1-13(2,19-10-18)15-7-4-11(5-8-15)16-12(9-17)3-6-14-16/h3,6,10-11,17H,4-5,7-9H2,1-2H3. The van der Waals surface area contributed by atoms with E-state index in [4.69, 9.17) is 4.74 Å². The molecule has 0 saturated carbocycles. The van der Waals surface area contributed by atoms with E-state index in [1.165, 1.54) is 0 Å². The maximum atomic E-state index is 10.5. The van der Waals surface area contributed by atoms with Gasteiger partial charge in [-0.05, 0) is 32.8 Å². The molecule has 0 aliphatic carbocycles. The Kier molecular flexibility index (Phi) is 4.21. The number of aromatic nitrogens is 2. The molecule has 106 valence electrons. The van der Waals surface area contributed by atoms with Gasteiger partial charge in [-0.1, -0.05) is 0 Å². The van der Waals surface area contributed by atoms with E-state index < -0.39 is 5.72 Å². The van der Waals surface area contributed by atoms with E-state index in [0.717, 1.165) is 31.6 Å². The molecule has 1 fully saturated rings. The molecular weight excluding hydrogens is 246 g/mol. The second-order valence-corrected chi connectivity index (χ2v) is 5.30. The first-order valence-electron chi connectivity index (χ1n) is 6.58. The van der Waals surface area contributed by atoms with Crippen LogP contribution in [0.5, 0.6) is 0 Å². The fourth-order valence-electron chi connectivity index (χ4n) is 2.64. The van der Waals surface area contributed by atoms with Gasteiger partial charge in [-0.3, -0.25) is 14.4 Å². The molecule has 1 N–H and O–H groups in total. The predicted molar refractivity (Wildman–Crippen MR) is 69.2 cm³/mol. The highest BCUT2D eigenvalue weighted by molar-refractivity contribution is 5.38. The van der Waals surface area contributed by atoms with Gasteiger partial charge in [0, 0.05) is 19.3 Å². The zero-order valence-electron chi connectivity index (χ0n) is 11.5. The Balaban J connectivity index is 1.98. The van der Waals surface area contributed by atoms with Crippen molar-refractivity contribution in [3.8, 4) is 0 Å². The highest BCUT2D eigenvalue weighted by Gasteiger charge is 2.32. The monoisotopic (exact) mass is 267 g/mol. The minimum Gasteiger partial charge on any atom is -0.446 e. The molecule has 0 atom stereocenters. The van der Waals surface area contributed by atoms with Crippen LogP contribution >= 0.6 is 0 Å². The van der Waals surface area contributed by atoms with Crippen LogP contribution in [0.4, 0.5) is 0 Å². The molecule has 2 heterocycles. The summed E-state index contributed by atoms with van der Waals surface area (Å²) in [7, 11) is 0. The van der Waals surface area contributed by atoms with Gasteiger partial charge in [-0.2, -0.15) is 5.10 Å². The normalized spacial score (nSPS) is 18.5. The lowest BCUT2D eigenvalue weighted by Gasteiger charge is -2.41. The van der Waals surface area contributed by atoms with Crippen LogP contribution in [0.3, 0.4) is 0 Å². The smallest absolute Gasteiger partial charge is 0.294 e. The van der Waals surface area contributed by atoms with Crippen molar-refractivity contribution in [1.29, 1.82) is 0 Å². The summed E-state index contributed by atoms with van der Waals surface area (Å²) in [4.78, 5) is 12.7. The average Bonchev–Trinajstić information content (AvgIpc) is 2.87. The number of hydrogen-bond donors (Lipinski definition) is 1. The third kappa shape index (κ3) is 2.96. The summed E-state index contributed by atoms with van der Waals surface area (Å²) in [5.74, 6) is 0. The molecule has 0 amide bonds. The van der Waals surface area contributed by atoms with Gasteiger partial charge in [-0.25, -0.2) is 0 Å². The minimum atomic E-state index is -0.559. The van der Waals surface area contributed by atoms with Crippen molar-refractivity contribution in [1.82, 2.24) is 14.7 Å². The van der Waals surface area contributed by atoms with Crippen LogP contribution in [0, 0.1) is 0 Å². The minimum absolute atomic E-state index is 0.0138. The maximum absolute atomic E-state index is 10.5. The summed E-state index contributed by atoms with van der Waals surface area (Å²) in [6, 6.07) is 2.15. The molecule has 0 unspecified atom stereocenters. The lowest BCUT2D eigenvalue weighted by atomic mass is 10.0. The average molecular weight is 267 g/mol. The highest BCUT2D eigenvalue weighted by atomic mass is 16.6. The number of carbonyl (C=O) groups excluding carboxylic acids is 1. The molecule has 1 saturated heterocycles. The number of nitrogens with zero attached hydrogens (tertiary/aromatic N) is 3. The van der Waals surface area contributed by atoms with E-state index in [9.17, 15) is 9.90 Å². The SMILES string of the molecule is CC(C)(OC=O)N1CCC(n2nccc2CO)CC1. The van der Waals surface area contributed by atoms with Gasteiger partial charge in [0.2, 0.25) is 0 Å². The van der Waals surface area contributed by atoms with Crippen molar-refractivity contribution in [2.24, 2.45) is 0 Å². The number of likely N-dealkylation sites (tertiary alicyclic amines) is 1. The largest absolute Gasteiger partial charge is 0.446 e. The van der Waals surface area contributed by atoms with Crippen LogP contribution in [0.15, 0.2) is 12.3 Å². The first kappa shape index (κ1) is 14.0. The van der Waals surface area contributed by atoms with E-state index in [-0.39, 0.29) is 6.61 Å². The molecule has 0 bridgehead atoms. The number of piperidine rings is 1. The van der Waals surface area contributed by atoms with Crippen molar-refractivity contribution < 1.29 is 14.6 Å². The zero-order chi connectivity index (χ0) is 13.9. The van der Waals surface area contributed by atoms with Crippen molar-refractivity contribution in [2.75, 3.05) is 13.1 Å². The summed E-state index contributed by atoms with van der Waals surface area (Å²) < 4.78 is 7.03. The Hall–Kier alpha value is -1.40. The molecule has 1 aromatic heterocycles. The van der Waals surface area contributed by atoms with E-state index in [0.29, 0.717) is 12.5 Å². The number of rotatable bonds is 5. The van der Waals surface area contributed by atoms with E-state index in [2.05, 4.69) is 10.00 Å². The van der Waals surface area contributed by atoms with Gasteiger partial charge in [0.1, 0.15) is 0 Å². The van der Waals surface area contributed by atoms with Crippen molar-refractivity contribution >= 4 is 6.47 Å². The van der Waals surface area contributed by atoms with Crippen LogP contribution in [0.25, 0.3) is 0 Å². The number of aliphatic hydroxyl groups is 1. The van der Waals surface area contributed by atoms with Crippen LogP contribution in [0.2, 0.25) is 0 Å². The number of ether oxygens (including phenoxy) is 1. The molecule has 6 heteroatoms. The molecule has 2 rings (SSSR count). The second kappa shape index (κ2) is 5.71. The van der Waals surface area contributed by atoms with Gasteiger partial charge in [0.25, 0.3) is 6.47 Å². The Morgan fingerprint density at radius 1 is 1.53 bits per heavy atom. The van der Waals surface area contributed by atoms with Gasteiger partial charge in [0.15, 0.2) is 5.72 Å². The quantitative estimate of drug-likeness (QED) is 0.804. The molecule has 0 aromatic carbocycles. The Morgan fingerprint density at radius 2 is 2.21 bits per heavy atom. The van der Waals surface area contributed by atoms with E-state index in [1.807, 2.05) is 24.6 Å². The van der Waals surface area contributed by atoms with Crippen molar-refractivity contribution in [3.63, 3.8) is 0 Å². The molecule has 19 heavy (non-hydrogen) atoms. The van der Waals surface area contributed by atoms with Gasteiger partial charge >= 0.3 is 0 Å². The predicted octanol–water partition coefficient (Wildman–Crippen LogP) is 0.921. The Bertz CT molecular complexity index is 423. The summed E-state index contributed by atoms with van der Waals surface area (Å²) in [6.45, 7) is 6.00. The molecular formula is C13H21N3O3. The second-order valence-electron chi connectivity index (χ2n) is 5.30. The summed E-state index contributed by atoms with van der Waals surface area (Å²) >= 11 is 0. The number of carbonyl (C=O) groups is 1. The number of hydrogen-bond acceptors (Lipinski definition) is 5. The number of aliphatic hydroxyl groups excluding tert-OH is 1. The fourth-order valence-corrected chi connectivity index (χ4v) is 2.64. The third-order valence-electron chi connectivity index (χ3n) is 3.82. The van der Waals surface area contributed by atoms with Crippen LogP contribution in [-0.2, 0) is 16.1 Å². The van der Waals surface area contributed by atoms with Gasteiger partial charge in [0.05, 0.1) is 18.3 Å². The Morgan fingerprint density at radius 3 is 2.79 bits per heavy atom. The first-order valence-corrected chi connectivity index (χ1v) is 6.58. The van der Waals surface area contributed by atoms with Gasteiger partial charge < -0.3 is 9.84 Å². The van der Waals surface area contributed by atoms with Gasteiger partial charge in [-0.15, -0.1) is 0 Å². The molecule has 1 aliphatic rings. The summed E-state index contributed by atoms with van der Waals surface area (Å²) in [5.41, 5.74) is 0.290. The van der Waals surface area contributed by atoms with Crippen LogP contribution in [-0.4, -0.2) is 45.1 Å². The molecule has 1 aliphatic heterocycles. The topological polar surface area (TPSA) is 67.6 Å². The van der Waals surface area contributed by atoms with Crippen molar-refractivity contribution in [2.45, 2.75) is 45.1 Å². The third-order valence-corrected chi connectivity index (χ3v) is 3.82. The Labute approximate surface area is 113 Å². The van der Waals surface area contributed by atoms with Crippen molar-refractivity contribution in [3.05, 3.63) is 18.0 Å². The summed E-state index contributed by atoms with van der Waals surface area (Å²) in [6.07, 6.45) is 3.58. The molecule has 1 aromatic rings. The van der Waals surface area contributed by atoms with E-state index in [1.54, 1.807) is 6.20 Å². The van der Waals surface area contributed by atoms with Crippen LogP contribution in [0.1, 0.15) is 38.4 Å². The van der Waals surface area contributed by atoms with E-state index >= 15 is 0 Å². The van der Waals surface area contributed by atoms with Crippen LogP contribution < -0.4 is 0 Å². The lowest BCUT2D eigenvalue weighted by molar-refractivity contribution is -0.164. The maximum Gasteiger partial charge on any atom is 0.294 e. The lowest BCUT2D eigenvalue weighted by Crippen LogP contribution is -2.50. The molecule has 0 radical (unpaired) electrons. The molecule has 0 spiro atoms. The first-order chi connectivity index (χ1) is 9.08.